The minimum atomic E-state index is -0.0809. The van der Waals surface area contributed by atoms with Crippen LogP contribution in [0.5, 0.6) is 0 Å². The van der Waals surface area contributed by atoms with E-state index < -0.39 is 0 Å². The number of hydrogen-bond donors (Lipinski definition) is 1. The van der Waals surface area contributed by atoms with Gasteiger partial charge in [-0.25, -0.2) is 0 Å². The third kappa shape index (κ3) is 83.5. The fourth-order valence-electron chi connectivity index (χ4n) is 14.6. The Morgan fingerprint density at radius 1 is 0.200 bits per heavy atom. The van der Waals surface area contributed by atoms with E-state index in [-0.39, 0.29) is 12.1 Å². The highest BCUT2D eigenvalue weighted by Gasteiger charge is 2.07. The molecule has 3 nitrogen and oxygen atoms in total. The lowest BCUT2D eigenvalue weighted by Gasteiger charge is -2.10. The van der Waals surface area contributed by atoms with Crippen LogP contribution in [0.3, 0.4) is 0 Å². The summed E-state index contributed by atoms with van der Waals surface area (Å²) >= 11 is 0. The zero-order chi connectivity index (χ0) is 64.6. The average Bonchev–Trinajstić information content (AvgIpc) is 3.55. The molecule has 1 N–H and O–H groups in total. The van der Waals surface area contributed by atoms with Gasteiger partial charge in [0.15, 0.2) is 0 Å². The van der Waals surface area contributed by atoms with Crippen LogP contribution >= 0.6 is 0 Å². The van der Waals surface area contributed by atoms with Gasteiger partial charge in [-0.1, -0.05) is 508 Å². The minimum absolute atomic E-state index is 0.0108. The molecule has 0 fully saturated rings. The van der Waals surface area contributed by atoms with Crippen LogP contribution < -0.4 is 0 Å². The van der Waals surface area contributed by atoms with E-state index in [4.69, 9.17) is 4.74 Å². The first-order chi connectivity index (χ1) is 44.7. The van der Waals surface area contributed by atoms with Crippen molar-refractivity contribution in [2.45, 2.75) is 546 Å². The number of carbonyl (C=O) groups excluding carboxylic acids is 1. The van der Waals surface area contributed by atoms with E-state index in [2.05, 4.69) is 13.8 Å². The molecule has 0 radical (unpaired) electrons. The van der Waals surface area contributed by atoms with Crippen molar-refractivity contribution in [3.8, 4) is 0 Å². The van der Waals surface area contributed by atoms with Crippen LogP contribution in [0.15, 0.2) is 0 Å². The smallest absolute Gasteiger partial charge is 0.305 e. The van der Waals surface area contributed by atoms with Gasteiger partial charge in [-0.05, 0) is 25.7 Å². The Hall–Kier alpha value is -0.570. The fourth-order valence-corrected chi connectivity index (χ4v) is 14.6. The topological polar surface area (TPSA) is 46.5 Å². The van der Waals surface area contributed by atoms with Gasteiger partial charge in [-0.15, -0.1) is 0 Å². The SMILES string of the molecule is CCCCCCCCCCCCCCCCCCCCCCCCCCCCCCCCCCCCCCCCCCCCCCCCCCCCCCCCCCCCCCCCCCCCCOC(=O)CCCCCCCCCCC(O)CCCCCC. The zero-order valence-electron chi connectivity index (χ0n) is 63.0. The first kappa shape index (κ1) is 89.4. The molecule has 0 aliphatic carbocycles. The predicted molar refractivity (Wildman–Crippen MR) is 407 cm³/mol. The van der Waals surface area contributed by atoms with Crippen LogP contribution in [0, 0.1) is 0 Å². The maximum atomic E-state index is 12.1. The highest BCUT2D eigenvalue weighted by Crippen LogP contribution is 2.22. The van der Waals surface area contributed by atoms with Crippen molar-refractivity contribution in [2.75, 3.05) is 6.61 Å². The summed E-state index contributed by atoms with van der Waals surface area (Å²) in [5.41, 5.74) is 0. The summed E-state index contributed by atoms with van der Waals surface area (Å²) in [5, 5.41) is 10.1. The number of carbonyl (C=O) groups is 1. The second-order valence-electron chi connectivity index (χ2n) is 30.4. The van der Waals surface area contributed by atoms with Crippen molar-refractivity contribution in [1.29, 1.82) is 0 Å². The molecule has 1 unspecified atom stereocenters. The lowest BCUT2D eigenvalue weighted by atomic mass is 10.0. The Morgan fingerprint density at radius 2 is 0.333 bits per heavy atom. The van der Waals surface area contributed by atoms with Gasteiger partial charge in [0.25, 0.3) is 0 Å². The summed E-state index contributed by atoms with van der Waals surface area (Å²) in [5.74, 6) is 0.0108. The molecule has 0 saturated carbocycles. The molecule has 0 aliphatic rings. The second kappa shape index (κ2) is 84.5. The predicted octanol–water partition coefficient (Wildman–Crippen LogP) is 31.9. The molecule has 540 valence electrons. The number of unbranched alkanes of at least 4 members (excludes halogenated alkanes) is 76. The average molecular weight is 1270 g/mol. The van der Waals surface area contributed by atoms with E-state index in [0.29, 0.717) is 13.0 Å². The number of hydrogen-bond acceptors (Lipinski definition) is 3. The minimum Gasteiger partial charge on any atom is -0.466 e. The number of rotatable bonds is 84. The van der Waals surface area contributed by atoms with Crippen molar-refractivity contribution in [3.05, 3.63) is 0 Å². The summed E-state index contributed by atoms with van der Waals surface area (Å²) in [7, 11) is 0. The Kier molecular flexibility index (Phi) is 84.0. The van der Waals surface area contributed by atoms with Crippen LogP contribution in [0.1, 0.15) is 540 Å². The van der Waals surface area contributed by atoms with Crippen LogP contribution in [0.2, 0.25) is 0 Å². The lowest BCUT2D eigenvalue weighted by molar-refractivity contribution is -0.143. The van der Waals surface area contributed by atoms with Gasteiger partial charge in [0.1, 0.15) is 0 Å². The maximum Gasteiger partial charge on any atom is 0.305 e. The summed E-state index contributed by atoms with van der Waals surface area (Å²) in [6.07, 6.45) is 115. The van der Waals surface area contributed by atoms with Crippen LogP contribution in [-0.2, 0) is 9.53 Å². The molecule has 90 heavy (non-hydrogen) atoms. The monoisotopic (exact) mass is 1270 g/mol. The Bertz CT molecular complexity index is 1230. The van der Waals surface area contributed by atoms with E-state index in [0.717, 1.165) is 32.1 Å². The standard InChI is InChI=1S/C87H174O3/c1-3-5-7-9-10-11-12-13-14-15-16-17-18-19-20-21-22-23-24-25-26-27-28-29-30-31-32-33-34-35-36-37-38-39-40-41-42-43-44-45-46-47-48-49-50-51-52-53-54-55-56-57-58-59-60-61-62-63-64-65-66-67-68-71-74-77-81-85-90-87(89)84-80-76-73-70-69-72-75-79-83-86(88)82-78-8-6-4-2/h86,88H,3-85H2,1-2H3. The first-order valence-electron chi connectivity index (χ1n) is 43.5. The molecule has 0 spiro atoms. The molecule has 0 aromatic rings. The Balaban J connectivity index is 3.13. The van der Waals surface area contributed by atoms with Crippen LogP contribution in [-0.4, -0.2) is 23.8 Å². The van der Waals surface area contributed by atoms with Crippen molar-refractivity contribution < 1.29 is 14.6 Å². The fraction of sp³-hybridized carbons (Fsp3) is 0.989. The van der Waals surface area contributed by atoms with E-state index in [9.17, 15) is 9.90 Å². The largest absolute Gasteiger partial charge is 0.466 e. The summed E-state index contributed by atoms with van der Waals surface area (Å²) in [6.45, 7) is 5.17. The van der Waals surface area contributed by atoms with Gasteiger partial charge in [-0.2, -0.15) is 0 Å². The Labute approximate surface area is 570 Å². The van der Waals surface area contributed by atoms with Crippen LogP contribution in [0.4, 0.5) is 0 Å². The van der Waals surface area contributed by atoms with Gasteiger partial charge < -0.3 is 9.84 Å². The zero-order valence-corrected chi connectivity index (χ0v) is 63.0. The molecule has 0 heterocycles. The van der Waals surface area contributed by atoms with E-state index >= 15 is 0 Å². The first-order valence-corrected chi connectivity index (χ1v) is 43.5. The van der Waals surface area contributed by atoms with Gasteiger partial charge in [0.05, 0.1) is 12.7 Å². The quantitative estimate of drug-likeness (QED) is 0.0488. The Morgan fingerprint density at radius 3 is 0.511 bits per heavy atom. The third-order valence-corrected chi connectivity index (χ3v) is 21.1. The molecule has 1 atom stereocenters. The molecular weight excluding hydrogens is 1090 g/mol. The highest BCUT2D eigenvalue weighted by molar-refractivity contribution is 5.69. The number of aliphatic hydroxyl groups is 1. The van der Waals surface area contributed by atoms with Crippen molar-refractivity contribution in [2.24, 2.45) is 0 Å². The normalized spacial score (nSPS) is 12.1. The third-order valence-electron chi connectivity index (χ3n) is 21.1. The van der Waals surface area contributed by atoms with Gasteiger partial charge in [0.2, 0.25) is 0 Å². The molecule has 0 saturated heterocycles. The molecule has 0 aromatic carbocycles. The molecule has 0 rings (SSSR count). The summed E-state index contributed by atoms with van der Waals surface area (Å²) in [4.78, 5) is 12.1. The molecule has 0 bridgehead atoms. The summed E-state index contributed by atoms with van der Waals surface area (Å²) < 4.78 is 5.51. The van der Waals surface area contributed by atoms with Crippen molar-refractivity contribution in [1.82, 2.24) is 0 Å². The van der Waals surface area contributed by atoms with E-state index in [1.54, 1.807) is 0 Å². The van der Waals surface area contributed by atoms with Gasteiger partial charge in [0, 0.05) is 6.42 Å². The van der Waals surface area contributed by atoms with Crippen LogP contribution in [0.25, 0.3) is 0 Å². The second-order valence-corrected chi connectivity index (χ2v) is 30.4. The van der Waals surface area contributed by atoms with Crippen molar-refractivity contribution >= 4 is 5.97 Å². The lowest BCUT2D eigenvalue weighted by Crippen LogP contribution is -2.06. The highest BCUT2D eigenvalue weighted by atomic mass is 16.5. The molecule has 0 aliphatic heterocycles. The molecule has 3 heteroatoms. The number of ether oxygens (including phenoxy) is 1. The molecule has 0 aromatic heterocycles. The maximum absolute atomic E-state index is 12.1. The number of esters is 1. The van der Waals surface area contributed by atoms with Crippen molar-refractivity contribution in [3.63, 3.8) is 0 Å². The van der Waals surface area contributed by atoms with Gasteiger partial charge >= 0.3 is 5.97 Å². The molecular formula is C87H174O3. The number of aliphatic hydroxyl groups excluding tert-OH is 1. The van der Waals surface area contributed by atoms with E-state index in [1.807, 2.05) is 0 Å². The van der Waals surface area contributed by atoms with E-state index in [1.165, 1.54) is 488 Å². The summed E-state index contributed by atoms with van der Waals surface area (Å²) in [6, 6.07) is 0. The van der Waals surface area contributed by atoms with Gasteiger partial charge in [-0.3, -0.25) is 4.79 Å². The molecule has 0 amide bonds.